The van der Waals surface area contributed by atoms with Gasteiger partial charge in [0.05, 0.1) is 11.3 Å². The van der Waals surface area contributed by atoms with Crippen LogP contribution in [0.15, 0.2) is 39.7 Å². The number of pyridine rings is 1. The number of fused-ring (bicyclic) bond motifs is 5. The number of hydrogen-bond donors (Lipinski definition) is 0. The molecule has 2 aromatic heterocycles. The number of Topliss-reactive ketones (excluding diaryl/α,β-unsaturated/α-hetero) is 1. The Balaban J connectivity index is 2.01. The summed E-state index contributed by atoms with van der Waals surface area (Å²) in [4.78, 5) is 23.7. The molecule has 0 saturated heterocycles. The molecule has 0 saturated carbocycles. The topological polar surface area (TPSA) is 52.2 Å². The lowest BCUT2D eigenvalue weighted by molar-refractivity contribution is 0.101. The Morgan fingerprint density at radius 3 is 2.86 bits per heavy atom. The summed E-state index contributed by atoms with van der Waals surface area (Å²) in [6.07, 6.45) is 2.49. The van der Waals surface area contributed by atoms with Gasteiger partial charge in [-0.15, -0.1) is 0 Å². The maximum absolute atomic E-state index is 12.1. The second-order valence-electron chi connectivity index (χ2n) is 5.85. The summed E-state index contributed by atoms with van der Waals surface area (Å²) >= 11 is 0. The van der Waals surface area contributed by atoms with Crippen LogP contribution >= 0.6 is 0 Å². The molecule has 0 spiro atoms. The van der Waals surface area contributed by atoms with Crippen LogP contribution in [0.4, 0.5) is 0 Å². The molecule has 4 nitrogen and oxygen atoms in total. The predicted molar refractivity (Wildman–Crippen MR) is 84.4 cm³/mol. The molecule has 0 radical (unpaired) electrons. The molecule has 0 aliphatic carbocycles. The lowest BCUT2D eigenvalue weighted by Crippen LogP contribution is -2.20. The maximum Gasteiger partial charge on any atom is 0.193 e. The minimum absolute atomic E-state index is 0.202. The van der Waals surface area contributed by atoms with Crippen molar-refractivity contribution in [2.24, 2.45) is 0 Å². The number of aryl methyl sites for hydroxylation is 3. The number of ketones is 1. The van der Waals surface area contributed by atoms with E-state index in [2.05, 4.69) is 12.1 Å². The predicted octanol–water partition coefficient (Wildman–Crippen LogP) is 3.33. The number of hydrogen-bond acceptors (Lipinski definition) is 3. The van der Waals surface area contributed by atoms with Crippen molar-refractivity contribution in [1.29, 1.82) is 0 Å². The molecule has 0 bridgehead atoms. The molecular formula is C18H15NO3. The Morgan fingerprint density at radius 1 is 1.27 bits per heavy atom. The number of aromatic nitrogens is 1. The first-order chi connectivity index (χ1) is 10.5. The molecule has 1 aromatic carbocycles. The molecule has 4 rings (SSSR count). The van der Waals surface area contributed by atoms with E-state index in [9.17, 15) is 9.59 Å². The van der Waals surface area contributed by atoms with Crippen molar-refractivity contribution < 1.29 is 9.21 Å². The average Bonchev–Trinajstić information content (AvgIpc) is 2.84. The van der Waals surface area contributed by atoms with Gasteiger partial charge in [-0.3, -0.25) is 9.59 Å². The summed E-state index contributed by atoms with van der Waals surface area (Å²) in [6.45, 7) is 4.19. The summed E-state index contributed by atoms with van der Waals surface area (Å²) < 4.78 is 7.95. The number of carbonyl (C=O) groups excluding carboxylic acids is 1. The van der Waals surface area contributed by atoms with Gasteiger partial charge in [0.25, 0.3) is 0 Å². The molecule has 4 heteroatoms. The highest BCUT2D eigenvalue weighted by Gasteiger charge is 2.24. The Kier molecular flexibility index (Phi) is 2.64. The molecule has 3 heterocycles. The van der Waals surface area contributed by atoms with Gasteiger partial charge in [-0.25, -0.2) is 0 Å². The van der Waals surface area contributed by atoms with Crippen LogP contribution in [-0.2, 0) is 13.0 Å². The van der Waals surface area contributed by atoms with Gasteiger partial charge in [0, 0.05) is 29.8 Å². The van der Waals surface area contributed by atoms with Crippen molar-refractivity contribution in [1.82, 2.24) is 4.57 Å². The summed E-state index contributed by atoms with van der Waals surface area (Å²) in [5, 5.41) is 1.11. The summed E-state index contributed by atoms with van der Waals surface area (Å²) in [7, 11) is 0. The second kappa shape index (κ2) is 4.44. The van der Waals surface area contributed by atoms with Crippen LogP contribution in [0.3, 0.4) is 0 Å². The Bertz CT molecular complexity index is 991. The smallest absolute Gasteiger partial charge is 0.193 e. The number of furan rings is 1. The van der Waals surface area contributed by atoms with Crippen LogP contribution in [0.25, 0.3) is 22.4 Å². The number of carbonyl (C=O) groups is 1. The molecule has 0 fully saturated rings. The van der Waals surface area contributed by atoms with Crippen molar-refractivity contribution in [2.75, 3.05) is 0 Å². The zero-order valence-electron chi connectivity index (χ0n) is 12.5. The standard InChI is InChI=1S/C18H15NO3/c1-10-3-4-12-13-5-6-19-9-14(11(2)20)16(21)8-15(19)18(13)22-17(12)7-10/h3-4,7-9H,5-6H2,1-2H3. The Hall–Kier alpha value is -2.62. The van der Waals surface area contributed by atoms with Crippen molar-refractivity contribution in [3.8, 4) is 11.5 Å². The lowest BCUT2D eigenvalue weighted by Gasteiger charge is -2.18. The zero-order valence-corrected chi connectivity index (χ0v) is 12.5. The first kappa shape index (κ1) is 13.1. The average molecular weight is 293 g/mol. The molecule has 0 amide bonds. The summed E-state index contributed by atoms with van der Waals surface area (Å²) in [5.41, 5.74) is 3.88. The van der Waals surface area contributed by atoms with Crippen LogP contribution in [0.5, 0.6) is 0 Å². The summed E-state index contributed by atoms with van der Waals surface area (Å²) in [5.74, 6) is 0.547. The Labute approximate surface area is 127 Å². The molecule has 22 heavy (non-hydrogen) atoms. The van der Waals surface area contributed by atoms with Crippen LogP contribution in [0.1, 0.15) is 28.4 Å². The van der Waals surface area contributed by atoms with E-state index in [-0.39, 0.29) is 16.8 Å². The van der Waals surface area contributed by atoms with E-state index in [1.165, 1.54) is 13.0 Å². The van der Waals surface area contributed by atoms with Gasteiger partial charge >= 0.3 is 0 Å². The first-order valence-electron chi connectivity index (χ1n) is 7.32. The molecule has 1 aliphatic heterocycles. The van der Waals surface area contributed by atoms with Crippen LogP contribution in [-0.4, -0.2) is 10.4 Å². The largest absolute Gasteiger partial charge is 0.454 e. The minimum Gasteiger partial charge on any atom is -0.454 e. The van der Waals surface area contributed by atoms with E-state index < -0.39 is 0 Å². The van der Waals surface area contributed by atoms with Crippen molar-refractivity contribution in [2.45, 2.75) is 26.8 Å². The van der Waals surface area contributed by atoms with Crippen molar-refractivity contribution in [3.05, 3.63) is 57.4 Å². The molecule has 1 aliphatic rings. The van der Waals surface area contributed by atoms with Crippen LogP contribution < -0.4 is 5.43 Å². The molecule has 3 aromatic rings. The molecule has 110 valence electrons. The van der Waals surface area contributed by atoms with Gasteiger partial charge < -0.3 is 8.98 Å². The van der Waals surface area contributed by atoms with Gasteiger partial charge in [-0.2, -0.15) is 0 Å². The number of rotatable bonds is 1. The second-order valence-corrected chi connectivity index (χ2v) is 5.85. The maximum atomic E-state index is 12.1. The molecule has 0 N–H and O–H groups in total. The van der Waals surface area contributed by atoms with E-state index in [1.807, 2.05) is 17.6 Å². The fourth-order valence-corrected chi connectivity index (χ4v) is 3.16. The quantitative estimate of drug-likeness (QED) is 0.647. The Morgan fingerprint density at radius 2 is 2.09 bits per heavy atom. The van der Waals surface area contributed by atoms with Crippen LogP contribution in [0, 0.1) is 6.92 Å². The van der Waals surface area contributed by atoms with E-state index in [1.54, 1.807) is 6.20 Å². The number of nitrogens with zero attached hydrogens (tertiary/aromatic N) is 1. The fourth-order valence-electron chi connectivity index (χ4n) is 3.16. The third-order valence-electron chi connectivity index (χ3n) is 4.29. The molecule has 0 unspecified atom stereocenters. The van der Waals surface area contributed by atoms with Crippen molar-refractivity contribution in [3.63, 3.8) is 0 Å². The van der Waals surface area contributed by atoms with Gasteiger partial charge in [0.1, 0.15) is 5.58 Å². The van der Waals surface area contributed by atoms with Gasteiger partial charge in [0.15, 0.2) is 17.0 Å². The van der Waals surface area contributed by atoms with Gasteiger partial charge in [-0.1, -0.05) is 12.1 Å². The highest BCUT2D eigenvalue weighted by atomic mass is 16.3. The first-order valence-corrected chi connectivity index (χ1v) is 7.32. The van der Waals surface area contributed by atoms with E-state index in [0.717, 1.165) is 46.5 Å². The SMILES string of the molecule is CC(=O)c1cn2c(cc1=O)-c1oc3cc(C)ccc3c1CC2. The van der Waals surface area contributed by atoms with E-state index >= 15 is 0 Å². The third kappa shape index (κ3) is 1.77. The zero-order chi connectivity index (χ0) is 15.4. The van der Waals surface area contributed by atoms with Gasteiger partial charge in [-0.05, 0) is 31.9 Å². The molecular weight excluding hydrogens is 278 g/mol. The lowest BCUT2D eigenvalue weighted by atomic mass is 10.0. The fraction of sp³-hybridized carbons (Fsp3) is 0.222. The number of benzene rings is 1. The van der Waals surface area contributed by atoms with Crippen molar-refractivity contribution >= 4 is 16.8 Å². The summed E-state index contributed by atoms with van der Waals surface area (Å²) in [6, 6.07) is 7.67. The minimum atomic E-state index is -0.247. The monoisotopic (exact) mass is 293 g/mol. The third-order valence-corrected chi connectivity index (χ3v) is 4.29. The van der Waals surface area contributed by atoms with E-state index in [0.29, 0.717) is 0 Å². The highest BCUT2D eigenvalue weighted by molar-refractivity contribution is 5.94. The van der Waals surface area contributed by atoms with Gasteiger partial charge in [0.2, 0.25) is 0 Å². The van der Waals surface area contributed by atoms with Crippen LogP contribution in [0.2, 0.25) is 0 Å². The molecule has 0 atom stereocenters. The van der Waals surface area contributed by atoms with E-state index in [4.69, 9.17) is 4.42 Å². The highest BCUT2D eigenvalue weighted by Crippen LogP contribution is 2.37. The normalized spacial score (nSPS) is 13.0.